The maximum Gasteiger partial charge on any atom is 0.237 e. The van der Waals surface area contributed by atoms with Crippen molar-refractivity contribution in [2.45, 2.75) is 18.6 Å². The molecule has 0 saturated carbocycles. The molecular weight excluding hydrogens is 519 g/mol. The quantitative estimate of drug-likeness (QED) is 0.253. The minimum atomic E-state index is -0.362. The summed E-state index contributed by atoms with van der Waals surface area (Å²) in [6.07, 6.45) is 0. The largest absolute Gasteiger partial charge is 0.497 e. The number of fused-ring (bicyclic) bond motifs is 4. The first kappa shape index (κ1) is 25.0. The van der Waals surface area contributed by atoms with E-state index < -0.39 is 0 Å². The molecule has 0 radical (unpaired) electrons. The number of hydrogen-bond donors (Lipinski definition) is 0. The smallest absolute Gasteiger partial charge is 0.237 e. The average molecular weight is 545 g/mol. The van der Waals surface area contributed by atoms with Gasteiger partial charge in [0.25, 0.3) is 0 Å². The van der Waals surface area contributed by atoms with E-state index in [0.29, 0.717) is 47.7 Å². The van der Waals surface area contributed by atoms with Crippen LogP contribution in [0.3, 0.4) is 0 Å². The molecule has 6 rings (SSSR count). The van der Waals surface area contributed by atoms with Crippen molar-refractivity contribution in [3.63, 3.8) is 0 Å². The van der Waals surface area contributed by atoms with E-state index in [-0.39, 0.29) is 17.5 Å². The molecular formula is C29H25FN4O4S. The van der Waals surface area contributed by atoms with Crippen LogP contribution in [0.25, 0.3) is 16.6 Å². The number of aryl methyl sites for hydroxylation is 1. The number of halogens is 1. The Morgan fingerprint density at radius 1 is 1.03 bits per heavy atom. The number of benzene rings is 3. The number of amides is 1. The molecule has 0 bridgehead atoms. The lowest BCUT2D eigenvalue weighted by molar-refractivity contribution is -0.116. The van der Waals surface area contributed by atoms with Crippen molar-refractivity contribution in [3.8, 4) is 17.2 Å². The number of aromatic nitrogens is 3. The predicted octanol–water partition coefficient (Wildman–Crippen LogP) is 5.44. The van der Waals surface area contributed by atoms with E-state index in [9.17, 15) is 9.18 Å². The second kappa shape index (κ2) is 10.5. The Hall–Kier alpha value is -4.31. The van der Waals surface area contributed by atoms with Crippen molar-refractivity contribution < 1.29 is 23.4 Å². The van der Waals surface area contributed by atoms with Crippen molar-refractivity contribution in [2.75, 3.05) is 31.0 Å². The molecule has 5 aromatic rings. The van der Waals surface area contributed by atoms with E-state index in [1.54, 1.807) is 24.1 Å². The van der Waals surface area contributed by atoms with E-state index in [4.69, 9.17) is 14.2 Å². The van der Waals surface area contributed by atoms with Crippen LogP contribution < -0.4 is 19.1 Å². The molecule has 0 fully saturated rings. The van der Waals surface area contributed by atoms with E-state index in [2.05, 4.69) is 10.2 Å². The molecule has 1 aliphatic heterocycles. The molecule has 0 atom stereocenters. The van der Waals surface area contributed by atoms with Crippen LogP contribution in [0.1, 0.15) is 11.1 Å². The summed E-state index contributed by atoms with van der Waals surface area (Å²) in [6.45, 7) is 3.29. The normalized spacial score (nSPS) is 12.6. The van der Waals surface area contributed by atoms with Gasteiger partial charge in [0, 0.05) is 17.1 Å². The lowest BCUT2D eigenvalue weighted by Gasteiger charge is -2.23. The summed E-state index contributed by atoms with van der Waals surface area (Å²) in [4.78, 5) is 15.2. The van der Waals surface area contributed by atoms with Crippen molar-refractivity contribution in [1.82, 2.24) is 14.6 Å². The highest BCUT2D eigenvalue weighted by Gasteiger charge is 2.21. The Bertz CT molecular complexity index is 1670. The third-order valence-electron chi connectivity index (χ3n) is 6.55. The zero-order valence-corrected chi connectivity index (χ0v) is 22.2. The summed E-state index contributed by atoms with van der Waals surface area (Å²) >= 11 is 1.30. The second-order valence-electron chi connectivity index (χ2n) is 9.12. The van der Waals surface area contributed by atoms with Gasteiger partial charge in [-0.2, -0.15) is 0 Å². The van der Waals surface area contributed by atoms with Gasteiger partial charge < -0.3 is 19.1 Å². The molecule has 1 amide bonds. The molecule has 2 aromatic heterocycles. The van der Waals surface area contributed by atoms with E-state index in [1.807, 2.05) is 53.8 Å². The number of carbonyl (C=O) groups excluding carboxylic acids is 1. The van der Waals surface area contributed by atoms with E-state index >= 15 is 0 Å². The summed E-state index contributed by atoms with van der Waals surface area (Å²) in [7, 11) is 1.61. The van der Waals surface area contributed by atoms with Crippen molar-refractivity contribution in [2.24, 2.45) is 0 Å². The highest BCUT2D eigenvalue weighted by Crippen LogP contribution is 2.36. The Morgan fingerprint density at radius 3 is 2.46 bits per heavy atom. The number of methoxy groups -OCH3 is 1. The van der Waals surface area contributed by atoms with Crippen molar-refractivity contribution >= 4 is 39.9 Å². The first-order chi connectivity index (χ1) is 19.0. The average Bonchev–Trinajstić information content (AvgIpc) is 3.40. The van der Waals surface area contributed by atoms with Crippen LogP contribution in [0.15, 0.2) is 71.9 Å². The standard InChI is InChI=1S/C29H25FN4O4S/c1-18-13-20-14-25-26(38-12-11-37-25)15-24(20)34-28(18)31-32-29(34)39-17-27(35)33(22-7-5-21(30)6-8-22)16-19-3-9-23(36-2)10-4-19/h3-10,13-15H,11-12,16-17H2,1-2H3. The number of ether oxygens (including phenoxy) is 3. The highest BCUT2D eigenvalue weighted by atomic mass is 32.2. The van der Waals surface area contributed by atoms with Crippen LogP contribution >= 0.6 is 11.8 Å². The number of carbonyl (C=O) groups is 1. The molecule has 0 aliphatic carbocycles. The summed E-state index contributed by atoms with van der Waals surface area (Å²) in [5, 5.41) is 10.4. The Morgan fingerprint density at radius 2 is 1.74 bits per heavy atom. The van der Waals surface area contributed by atoms with Crippen LogP contribution in [0, 0.1) is 12.7 Å². The summed E-state index contributed by atoms with van der Waals surface area (Å²) in [5.74, 6) is 1.70. The van der Waals surface area contributed by atoms with Gasteiger partial charge in [0.1, 0.15) is 24.8 Å². The number of thioether (sulfide) groups is 1. The van der Waals surface area contributed by atoms with Gasteiger partial charge in [-0.05, 0) is 66.6 Å². The summed E-state index contributed by atoms with van der Waals surface area (Å²) < 4.78 is 32.4. The van der Waals surface area contributed by atoms with Gasteiger partial charge in [-0.3, -0.25) is 9.20 Å². The Labute approximate surface area is 228 Å². The number of anilines is 1. The minimum Gasteiger partial charge on any atom is -0.497 e. The number of hydrogen-bond acceptors (Lipinski definition) is 7. The molecule has 198 valence electrons. The first-order valence-electron chi connectivity index (χ1n) is 12.4. The maximum atomic E-state index is 13.7. The fraction of sp³-hybridized carbons (Fsp3) is 0.207. The Kier molecular flexibility index (Phi) is 6.70. The summed E-state index contributed by atoms with van der Waals surface area (Å²) in [5.41, 5.74) is 4.06. The predicted molar refractivity (Wildman–Crippen MR) is 148 cm³/mol. The van der Waals surface area contributed by atoms with Gasteiger partial charge >= 0.3 is 0 Å². The molecule has 0 N–H and O–H groups in total. The molecule has 3 heterocycles. The van der Waals surface area contributed by atoms with Gasteiger partial charge in [-0.15, -0.1) is 10.2 Å². The van der Waals surface area contributed by atoms with Gasteiger partial charge in [-0.25, -0.2) is 4.39 Å². The minimum absolute atomic E-state index is 0.105. The topological polar surface area (TPSA) is 78.2 Å². The monoisotopic (exact) mass is 544 g/mol. The molecule has 0 saturated heterocycles. The van der Waals surface area contributed by atoms with Crippen molar-refractivity contribution in [1.29, 1.82) is 0 Å². The van der Waals surface area contributed by atoms with Gasteiger partial charge in [-0.1, -0.05) is 23.9 Å². The van der Waals surface area contributed by atoms with Crippen LogP contribution in [0.4, 0.5) is 10.1 Å². The molecule has 39 heavy (non-hydrogen) atoms. The fourth-order valence-corrected chi connectivity index (χ4v) is 5.42. The van der Waals surface area contributed by atoms with E-state index in [1.165, 1.54) is 23.9 Å². The summed E-state index contributed by atoms with van der Waals surface area (Å²) in [6, 6.07) is 19.4. The van der Waals surface area contributed by atoms with Gasteiger partial charge in [0.15, 0.2) is 22.3 Å². The number of rotatable bonds is 7. The van der Waals surface area contributed by atoms with E-state index in [0.717, 1.165) is 27.8 Å². The lowest BCUT2D eigenvalue weighted by Crippen LogP contribution is -2.32. The third kappa shape index (κ3) is 4.95. The van der Waals surface area contributed by atoms with Crippen LogP contribution in [0.2, 0.25) is 0 Å². The Balaban J connectivity index is 1.31. The number of pyridine rings is 1. The molecule has 3 aromatic carbocycles. The molecule has 1 aliphatic rings. The molecule has 0 unspecified atom stereocenters. The molecule has 0 spiro atoms. The molecule has 8 nitrogen and oxygen atoms in total. The van der Waals surface area contributed by atoms with Crippen LogP contribution in [-0.4, -0.2) is 46.6 Å². The van der Waals surface area contributed by atoms with Gasteiger partial charge in [0.05, 0.1) is 24.9 Å². The number of nitrogens with zero attached hydrogens (tertiary/aromatic N) is 4. The fourth-order valence-electron chi connectivity index (χ4n) is 4.60. The van der Waals surface area contributed by atoms with Crippen LogP contribution in [-0.2, 0) is 11.3 Å². The first-order valence-corrected chi connectivity index (χ1v) is 13.4. The lowest BCUT2D eigenvalue weighted by atomic mass is 10.1. The van der Waals surface area contributed by atoms with Gasteiger partial charge in [0.2, 0.25) is 5.91 Å². The van der Waals surface area contributed by atoms with Crippen LogP contribution in [0.5, 0.6) is 17.2 Å². The third-order valence-corrected chi connectivity index (χ3v) is 7.47. The zero-order chi connectivity index (χ0) is 26.9. The second-order valence-corrected chi connectivity index (χ2v) is 10.1. The zero-order valence-electron chi connectivity index (χ0n) is 21.4. The molecule has 10 heteroatoms. The maximum absolute atomic E-state index is 13.7. The SMILES string of the molecule is COc1ccc(CN(C(=O)CSc2nnc3c(C)cc4cc5c(cc4n23)OCCO5)c2ccc(F)cc2)cc1. The van der Waals surface area contributed by atoms with Crippen molar-refractivity contribution in [3.05, 3.63) is 83.7 Å². The highest BCUT2D eigenvalue weighted by molar-refractivity contribution is 7.99.